The Hall–Kier alpha value is -3.64. The highest BCUT2D eigenvalue weighted by Crippen LogP contribution is 2.35. The minimum absolute atomic E-state index is 0.0175. The molecule has 1 heterocycles. The van der Waals surface area contributed by atoms with Crippen LogP contribution in [0, 0.1) is 11.3 Å². The molecule has 0 unspecified atom stereocenters. The lowest BCUT2D eigenvalue weighted by molar-refractivity contribution is 0.0526. The van der Waals surface area contributed by atoms with Crippen molar-refractivity contribution in [3.63, 3.8) is 0 Å². The molecule has 0 aliphatic carbocycles. The van der Waals surface area contributed by atoms with Crippen LogP contribution >= 0.6 is 15.9 Å². The average Bonchev–Trinajstić information content (AvgIpc) is 2.68. The molecule has 0 fully saturated rings. The Morgan fingerprint density at radius 2 is 1.83 bits per heavy atom. The van der Waals surface area contributed by atoms with E-state index in [1.165, 1.54) is 0 Å². The lowest BCUT2D eigenvalue weighted by Gasteiger charge is -2.11. The van der Waals surface area contributed by atoms with Crippen LogP contribution < -0.4 is 16.2 Å². The molecule has 1 aromatic heterocycles. The molecule has 0 aliphatic rings. The molecular formula is C20H16BrN5O3. The molecule has 3 aromatic rings. The Kier molecular flexibility index (Phi) is 5.95. The highest BCUT2D eigenvalue weighted by Gasteiger charge is 2.16. The first-order valence-electron chi connectivity index (χ1n) is 8.51. The zero-order chi connectivity index (χ0) is 21.0. The third-order valence-corrected chi connectivity index (χ3v) is 4.52. The largest absolute Gasteiger partial charge is 0.462 e. The van der Waals surface area contributed by atoms with Crippen LogP contribution in [0.15, 0.2) is 46.9 Å². The van der Waals surface area contributed by atoms with Gasteiger partial charge in [-0.1, -0.05) is 0 Å². The van der Waals surface area contributed by atoms with E-state index in [1.54, 1.807) is 49.4 Å². The molecule has 0 saturated carbocycles. The standard InChI is InChI=1S/C20H16BrN5O3/c1-2-28-19(27)11-3-5-12(6-4-11)29-13-7-8-14(16(21)9-13)17-15(10-22)18(23)26-20(24)25-17/h3-9H,2H2,1H3,(H4,23,24,25,26). The van der Waals surface area contributed by atoms with Gasteiger partial charge in [0.25, 0.3) is 0 Å². The molecule has 0 aliphatic heterocycles. The van der Waals surface area contributed by atoms with Crippen LogP contribution in [0.25, 0.3) is 11.3 Å². The summed E-state index contributed by atoms with van der Waals surface area (Å²) in [5.74, 6) is 0.695. The molecular weight excluding hydrogens is 438 g/mol. The number of carbonyl (C=O) groups is 1. The number of hydrogen-bond acceptors (Lipinski definition) is 8. The van der Waals surface area contributed by atoms with Crippen molar-refractivity contribution in [2.45, 2.75) is 6.92 Å². The zero-order valence-electron chi connectivity index (χ0n) is 15.3. The Morgan fingerprint density at radius 1 is 1.14 bits per heavy atom. The van der Waals surface area contributed by atoms with Crippen LogP contribution in [0.1, 0.15) is 22.8 Å². The van der Waals surface area contributed by atoms with Crippen LogP contribution in [0.4, 0.5) is 11.8 Å². The summed E-state index contributed by atoms with van der Waals surface area (Å²) < 4.78 is 11.4. The summed E-state index contributed by atoms with van der Waals surface area (Å²) in [5.41, 5.74) is 13.0. The average molecular weight is 454 g/mol. The molecule has 0 atom stereocenters. The van der Waals surface area contributed by atoms with Crippen LogP contribution in [-0.2, 0) is 4.74 Å². The zero-order valence-corrected chi connectivity index (χ0v) is 16.9. The molecule has 2 aromatic carbocycles. The molecule has 0 saturated heterocycles. The molecule has 0 spiro atoms. The maximum Gasteiger partial charge on any atom is 0.338 e. The maximum atomic E-state index is 11.7. The predicted molar refractivity (Wildman–Crippen MR) is 111 cm³/mol. The van der Waals surface area contributed by atoms with Crippen molar-refractivity contribution in [3.05, 3.63) is 58.1 Å². The first-order valence-corrected chi connectivity index (χ1v) is 9.30. The molecule has 146 valence electrons. The summed E-state index contributed by atoms with van der Waals surface area (Å²) in [5, 5.41) is 9.36. The topological polar surface area (TPSA) is 137 Å². The molecule has 0 amide bonds. The second kappa shape index (κ2) is 8.58. The quantitative estimate of drug-likeness (QED) is 0.554. The Balaban J connectivity index is 1.86. The van der Waals surface area contributed by atoms with Gasteiger partial charge in [0.15, 0.2) is 0 Å². The van der Waals surface area contributed by atoms with Crippen molar-refractivity contribution in [2.75, 3.05) is 18.1 Å². The van der Waals surface area contributed by atoms with Crippen molar-refractivity contribution >= 4 is 33.7 Å². The van der Waals surface area contributed by atoms with Crippen LogP contribution in [-0.4, -0.2) is 22.5 Å². The number of nitrogens with zero attached hydrogens (tertiary/aromatic N) is 3. The number of ether oxygens (including phenoxy) is 2. The number of carbonyl (C=O) groups excluding carboxylic acids is 1. The van der Waals surface area contributed by atoms with E-state index in [9.17, 15) is 10.1 Å². The summed E-state index contributed by atoms with van der Waals surface area (Å²) in [4.78, 5) is 19.7. The molecule has 3 rings (SSSR count). The molecule has 8 nitrogen and oxygen atoms in total. The van der Waals surface area contributed by atoms with E-state index >= 15 is 0 Å². The van der Waals surface area contributed by atoms with Gasteiger partial charge < -0.3 is 20.9 Å². The fraction of sp³-hybridized carbons (Fsp3) is 0.100. The minimum atomic E-state index is -0.386. The molecule has 4 N–H and O–H groups in total. The smallest absolute Gasteiger partial charge is 0.338 e. The number of benzene rings is 2. The minimum Gasteiger partial charge on any atom is -0.462 e. The van der Waals surface area contributed by atoms with E-state index in [4.69, 9.17) is 20.9 Å². The summed E-state index contributed by atoms with van der Waals surface area (Å²) in [6, 6.07) is 13.8. The lowest BCUT2D eigenvalue weighted by atomic mass is 10.1. The molecule has 9 heteroatoms. The fourth-order valence-electron chi connectivity index (χ4n) is 2.56. The molecule has 0 bridgehead atoms. The van der Waals surface area contributed by atoms with Gasteiger partial charge in [-0.05, 0) is 65.3 Å². The van der Waals surface area contributed by atoms with E-state index in [1.807, 2.05) is 6.07 Å². The number of nitriles is 1. The molecule has 29 heavy (non-hydrogen) atoms. The number of aromatic nitrogens is 2. The highest BCUT2D eigenvalue weighted by atomic mass is 79.9. The van der Waals surface area contributed by atoms with Gasteiger partial charge in [-0.25, -0.2) is 9.78 Å². The third kappa shape index (κ3) is 4.44. The van der Waals surface area contributed by atoms with Crippen molar-refractivity contribution < 1.29 is 14.3 Å². The number of hydrogen-bond donors (Lipinski definition) is 2. The van der Waals surface area contributed by atoms with Crippen molar-refractivity contribution in [2.24, 2.45) is 0 Å². The van der Waals surface area contributed by atoms with Gasteiger partial charge in [0.1, 0.15) is 28.9 Å². The van der Waals surface area contributed by atoms with Gasteiger partial charge in [-0.2, -0.15) is 10.2 Å². The summed E-state index contributed by atoms with van der Waals surface area (Å²) in [6.45, 7) is 2.06. The van der Waals surface area contributed by atoms with Gasteiger partial charge >= 0.3 is 5.97 Å². The van der Waals surface area contributed by atoms with Crippen molar-refractivity contribution in [1.29, 1.82) is 5.26 Å². The normalized spacial score (nSPS) is 10.2. The predicted octanol–water partition coefficient (Wildman–Crippen LogP) is 3.91. The highest BCUT2D eigenvalue weighted by molar-refractivity contribution is 9.10. The number of nitrogens with two attached hydrogens (primary N) is 2. The summed E-state index contributed by atoms with van der Waals surface area (Å²) in [6.07, 6.45) is 0. The van der Waals surface area contributed by atoms with Crippen LogP contribution in [0.5, 0.6) is 11.5 Å². The van der Waals surface area contributed by atoms with Gasteiger partial charge in [-0.3, -0.25) is 0 Å². The first kappa shape index (κ1) is 20.1. The lowest BCUT2D eigenvalue weighted by Crippen LogP contribution is -2.05. The Morgan fingerprint density at radius 3 is 2.45 bits per heavy atom. The number of halogens is 1. The van der Waals surface area contributed by atoms with E-state index in [2.05, 4.69) is 25.9 Å². The third-order valence-electron chi connectivity index (χ3n) is 3.86. The monoisotopic (exact) mass is 453 g/mol. The number of nitrogen functional groups attached to an aromatic ring is 2. The van der Waals surface area contributed by atoms with E-state index < -0.39 is 0 Å². The summed E-state index contributed by atoms with van der Waals surface area (Å²) in [7, 11) is 0. The number of anilines is 2. The van der Waals surface area contributed by atoms with Gasteiger partial charge in [0.2, 0.25) is 5.95 Å². The van der Waals surface area contributed by atoms with Gasteiger partial charge in [-0.15, -0.1) is 0 Å². The van der Waals surface area contributed by atoms with Gasteiger partial charge in [0.05, 0.1) is 17.9 Å². The van der Waals surface area contributed by atoms with Crippen LogP contribution in [0.3, 0.4) is 0 Å². The first-order chi connectivity index (χ1) is 13.9. The number of rotatable bonds is 5. The second-order valence-corrected chi connectivity index (χ2v) is 6.65. The van der Waals surface area contributed by atoms with Gasteiger partial charge in [0, 0.05) is 10.0 Å². The second-order valence-electron chi connectivity index (χ2n) is 5.79. The van der Waals surface area contributed by atoms with Crippen LogP contribution in [0.2, 0.25) is 0 Å². The maximum absolute atomic E-state index is 11.7. The Bertz CT molecular complexity index is 1110. The molecule has 0 radical (unpaired) electrons. The fourth-order valence-corrected chi connectivity index (χ4v) is 3.11. The van der Waals surface area contributed by atoms with Crippen molar-refractivity contribution in [3.8, 4) is 28.8 Å². The SMILES string of the molecule is CCOC(=O)c1ccc(Oc2ccc(-c3nc(N)nc(N)c3C#N)c(Br)c2)cc1. The van der Waals surface area contributed by atoms with Crippen molar-refractivity contribution in [1.82, 2.24) is 9.97 Å². The number of esters is 1. The Labute approximate surface area is 175 Å². The van der Waals surface area contributed by atoms with E-state index in [0.717, 1.165) is 0 Å². The van der Waals surface area contributed by atoms with E-state index in [0.29, 0.717) is 39.4 Å². The summed E-state index contributed by atoms with van der Waals surface area (Å²) >= 11 is 3.46. The van der Waals surface area contributed by atoms with E-state index in [-0.39, 0.29) is 23.3 Å².